The molecule has 0 bridgehead atoms. The van der Waals surface area contributed by atoms with E-state index in [9.17, 15) is 4.79 Å². The Morgan fingerprint density at radius 2 is 2.05 bits per heavy atom. The van der Waals surface area contributed by atoms with Gasteiger partial charge in [0, 0.05) is 18.1 Å². The van der Waals surface area contributed by atoms with Gasteiger partial charge in [-0.15, -0.1) is 12.4 Å². The lowest BCUT2D eigenvalue weighted by molar-refractivity contribution is -0.134. The van der Waals surface area contributed by atoms with Crippen molar-refractivity contribution in [3.05, 3.63) is 28.2 Å². The molecule has 4 nitrogen and oxygen atoms in total. The van der Waals surface area contributed by atoms with Crippen LogP contribution in [0.4, 0.5) is 0 Å². The van der Waals surface area contributed by atoms with Crippen molar-refractivity contribution in [2.45, 2.75) is 12.8 Å². The second-order valence-electron chi connectivity index (χ2n) is 5.25. The number of carbonyl (C=O) groups is 1. The molecule has 7 heteroatoms. The summed E-state index contributed by atoms with van der Waals surface area (Å²) in [5, 5.41) is 4.15. The van der Waals surface area contributed by atoms with Gasteiger partial charge in [-0.3, -0.25) is 4.79 Å². The molecule has 0 radical (unpaired) electrons. The van der Waals surface area contributed by atoms with Crippen molar-refractivity contribution < 1.29 is 9.53 Å². The summed E-state index contributed by atoms with van der Waals surface area (Å²) in [4.78, 5) is 14.0. The third-order valence-electron chi connectivity index (χ3n) is 3.71. The molecule has 1 N–H and O–H groups in total. The number of ether oxygens (including phenoxy) is 1. The SMILES string of the molecule is CNCC1CCN(C(=O)COc2ccc(Cl)cc2Cl)CC1.Cl. The molecular formula is C15H21Cl3N2O2. The molecule has 1 aliphatic heterocycles. The standard InChI is InChI=1S/C15H20Cl2N2O2.ClH/c1-18-9-11-4-6-19(7-5-11)15(20)10-21-14-3-2-12(16)8-13(14)17;/h2-3,8,11,18H,4-7,9-10H2,1H3;1H. The van der Waals surface area contributed by atoms with Crippen molar-refractivity contribution in [2.75, 3.05) is 33.3 Å². The normalized spacial score (nSPS) is 15.3. The molecule has 1 aromatic rings. The summed E-state index contributed by atoms with van der Waals surface area (Å²) < 4.78 is 5.49. The summed E-state index contributed by atoms with van der Waals surface area (Å²) in [6, 6.07) is 4.97. The zero-order valence-electron chi connectivity index (χ0n) is 12.5. The molecule has 0 unspecified atom stereocenters. The van der Waals surface area contributed by atoms with Gasteiger partial charge in [0.15, 0.2) is 6.61 Å². The number of amides is 1. The van der Waals surface area contributed by atoms with Gasteiger partial charge in [-0.2, -0.15) is 0 Å². The molecule has 1 fully saturated rings. The number of halogens is 3. The molecule has 1 amide bonds. The molecule has 1 saturated heterocycles. The van der Waals surface area contributed by atoms with Crippen molar-refractivity contribution in [3.63, 3.8) is 0 Å². The van der Waals surface area contributed by atoms with Crippen molar-refractivity contribution in [1.82, 2.24) is 10.2 Å². The number of rotatable bonds is 5. The Morgan fingerprint density at radius 1 is 1.36 bits per heavy atom. The lowest BCUT2D eigenvalue weighted by Gasteiger charge is -2.31. The van der Waals surface area contributed by atoms with Crippen molar-refractivity contribution in [3.8, 4) is 5.75 Å². The van der Waals surface area contributed by atoms with Crippen LogP contribution in [0, 0.1) is 5.92 Å². The van der Waals surface area contributed by atoms with Crippen LogP contribution in [0.3, 0.4) is 0 Å². The smallest absolute Gasteiger partial charge is 0.260 e. The van der Waals surface area contributed by atoms with Gasteiger partial charge in [0.25, 0.3) is 5.91 Å². The summed E-state index contributed by atoms with van der Waals surface area (Å²) in [7, 11) is 1.96. The second-order valence-corrected chi connectivity index (χ2v) is 6.09. The van der Waals surface area contributed by atoms with E-state index in [-0.39, 0.29) is 24.9 Å². The number of carbonyl (C=O) groups excluding carboxylic acids is 1. The quantitative estimate of drug-likeness (QED) is 0.868. The first-order valence-corrected chi connectivity index (χ1v) is 7.86. The van der Waals surface area contributed by atoms with Crippen LogP contribution in [0.2, 0.25) is 10.0 Å². The first-order chi connectivity index (χ1) is 10.1. The topological polar surface area (TPSA) is 41.6 Å². The highest BCUT2D eigenvalue weighted by Gasteiger charge is 2.22. The molecular weight excluding hydrogens is 347 g/mol. The van der Waals surface area contributed by atoms with Crippen LogP contribution in [-0.2, 0) is 4.79 Å². The van der Waals surface area contributed by atoms with Gasteiger partial charge in [-0.05, 0) is 50.6 Å². The van der Waals surface area contributed by atoms with Crippen LogP contribution in [0.15, 0.2) is 18.2 Å². The minimum atomic E-state index is 0. The Kier molecular flexibility index (Phi) is 8.33. The average Bonchev–Trinajstić information content (AvgIpc) is 2.47. The fraction of sp³-hybridized carbons (Fsp3) is 0.533. The third kappa shape index (κ3) is 5.51. The van der Waals surface area contributed by atoms with Crippen molar-refractivity contribution >= 4 is 41.5 Å². The Balaban J connectivity index is 0.00000242. The monoisotopic (exact) mass is 366 g/mol. The summed E-state index contributed by atoms with van der Waals surface area (Å²) in [6.45, 7) is 2.61. The number of hydrogen-bond acceptors (Lipinski definition) is 3. The minimum Gasteiger partial charge on any atom is -0.482 e. The fourth-order valence-electron chi connectivity index (χ4n) is 2.50. The number of piperidine rings is 1. The largest absolute Gasteiger partial charge is 0.482 e. The van der Waals surface area contributed by atoms with E-state index >= 15 is 0 Å². The highest BCUT2D eigenvalue weighted by atomic mass is 35.5. The maximum atomic E-state index is 12.1. The van der Waals surface area contributed by atoms with Crippen LogP contribution < -0.4 is 10.1 Å². The van der Waals surface area contributed by atoms with E-state index < -0.39 is 0 Å². The van der Waals surface area contributed by atoms with Crippen LogP contribution in [0.5, 0.6) is 5.75 Å². The Morgan fingerprint density at radius 3 is 2.64 bits per heavy atom. The number of nitrogens with one attached hydrogen (secondary N) is 1. The number of likely N-dealkylation sites (tertiary alicyclic amines) is 1. The average molecular weight is 368 g/mol. The first kappa shape index (κ1) is 19.4. The maximum absolute atomic E-state index is 12.1. The Bertz CT molecular complexity index is 492. The van der Waals surface area contributed by atoms with E-state index in [1.54, 1.807) is 18.2 Å². The van der Waals surface area contributed by atoms with E-state index in [4.69, 9.17) is 27.9 Å². The molecule has 0 saturated carbocycles. The van der Waals surface area contributed by atoms with Gasteiger partial charge in [0.1, 0.15) is 5.75 Å². The van der Waals surface area contributed by atoms with E-state index in [2.05, 4.69) is 5.32 Å². The number of hydrogen-bond donors (Lipinski definition) is 1. The molecule has 0 atom stereocenters. The summed E-state index contributed by atoms with van der Waals surface area (Å²) in [5.41, 5.74) is 0. The molecule has 22 heavy (non-hydrogen) atoms. The summed E-state index contributed by atoms with van der Waals surface area (Å²) >= 11 is 11.8. The van der Waals surface area contributed by atoms with Crippen LogP contribution in [-0.4, -0.2) is 44.1 Å². The summed E-state index contributed by atoms with van der Waals surface area (Å²) in [5.74, 6) is 1.15. The summed E-state index contributed by atoms with van der Waals surface area (Å²) in [6.07, 6.45) is 2.07. The van der Waals surface area contributed by atoms with E-state index in [0.29, 0.717) is 21.7 Å². The van der Waals surface area contributed by atoms with E-state index in [1.807, 2.05) is 11.9 Å². The molecule has 1 heterocycles. The maximum Gasteiger partial charge on any atom is 0.260 e. The van der Waals surface area contributed by atoms with E-state index in [1.165, 1.54) is 0 Å². The van der Waals surface area contributed by atoms with Crippen LogP contribution in [0.1, 0.15) is 12.8 Å². The fourth-order valence-corrected chi connectivity index (χ4v) is 2.96. The third-order valence-corrected chi connectivity index (χ3v) is 4.24. The molecule has 1 aliphatic rings. The Hall–Kier alpha value is -0.680. The zero-order chi connectivity index (χ0) is 15.2. The highest BCUT2D eigenvalue weighted by molar-refractivity contribution is 6.35. The highest BCUT2D eigenvalue weighted by Crippen LogP contribution is 2.27. The lowest BCUT2D eigenvalue weighted by atomic mass is 9.97. The molecule has 2 rings (SSSR count). The Labute approximate surface area is 147 Å². The molecule has 0 spiro atoms. The van der Waals surface area contributed by atoms with Crippen molar-refractivity contribution in [2.24, 2.45) is 5.92 Å². The predicted molar refractivity (Wildman–Crippen MR) is 92.4 cm³/mol. The molecule has 0 aromatic heterocycles. The van der Waals surface area contributed by atoms with E-state index in [0.717, 1.165) is 32.5 Å². The second kappa shape index (κ2) is 9.46. The van der Waals surface area contributed by atoms with Crippen LogP contribution in [0.25, 0.3) is 0 Å². The lowest BCUT2D eigenvalue weighted by Crippen LogP contribution is -2.42. The molecule has 1 aromatic carbocycles. The van der Waals surface area contributed by atoms with Gasteiger partial charge >= 0.3 is 0 Å². The molecule has 0 aliphatic carbocycles. The van der Waals surface area contributed by atoms with Gasteiger partial charge in [-0.25, -0.2) is 0 Å². The number of benzene rings is 1. The zero-order valence-corrected chi connectivity index (χ0v) is 14.8. The van der Waals surface area contributed by atoms with Crippen LogP contribution >= 0.6 is 35.6 Å². The first-order valence-electron chi connectivity index (χ1n) is 7.10. The van der Waals surface area contributed by atoms with Gasteiger partial charge in [0.2, 0.25) is 0 Å². The van der Waals surface area contributed by atoms with Gasteiger partial charge in [0.05, 0.1) is 5.02 Å². The van der Waals surface area contributed by atoms with Gasteiger partial charge in [-0.1, -0.05) is 23.2 Å². The van der Waals surface area contributed by atoms with Gasteiger partial charge < -0.3 is 15.0 Å². The molecule has 124 valence electrons. The van der Waals surface area contributed by atoms with Crippen molar-refractivity contribution in [1.29, 1.82) is 0 Å². The predicted octanol–water partition coefficient (Wildman–Crippen LogP) is 3.25. The minimum absolute atomic E-state index is 0. The number of nitrogens with zero attached hydrogens (tertiary/aromatic N) is 1.